The van der Waals surface area contributed by atoms with E-state index in [0.717, 1.165) is 61.8 Å². The molecular formula is C30H47N3O. The third kappa shape index (κ3) is 3.76. The molecule has 5 rings (SSSR count). The summed E-state index contributed by atoms with van der Waals surface area (Å²) in [6.45, 7) is 10.7. The SMILES string of the molecule is CCC[C@@]1(O)CC[C@@]2(CC)[C@H](CC[C@@H]3[C@@H]2CC[C@]2(C)C([C@@H](C)Cn4cc(C#N)cn4)CC[C@@H]32)C1. The van der Waals surface area contributed by atoms with Gasteiger partial charge in [0, 0.05) is 12.7 Å². The fraction of sp³-hybridized carbons (Fsp3) is 0.867. The minimum absolute atomic E-state index is 0.389. The van der Waals surface area contributed by atoms with Gasteiger partial charge in [-0.15, -0.1) is 0 Å². The number of rotatable bonds is 6. The van der Waals surface area contributed by atoms with Crippen LogP contribution >= 0.6 is 0 Å². The summed E-state index contributed by atoms with van der Waals surface area (Å²) in [5.41, 5.74) is 1.21. The van der Waals surface area contributed by atoms with Crippen LogP contribution in [0.1, 0.15) is 110 Å². The number of aliphatic hydroxyl groups is 1. The lowest BCUT2D eigenvalue weighted by atomic mass is 9.42. The van der Waals surface area contributed by atoms with Crippen molar-refractivity contribution in [2.45, 2.75) is 117 Å². The van der Waals surface area contributed by atoms with Crippen LogP contribution in [0.2, 0.25) is 0 Å². The minimum Gasteiger partial charge on any atom is -0.390 e. The fourth-order valence-electron chi connectivity index (χ4n) is 10.4. The first-order valence-corrected chi connectivity index (χ1v) is 14.4. The smallest absolute Gasteiger partial charge is 0.102 e. The van der Waals surface area contributed by atoms with Gasteiger partial charge in [-0.05, 0) is 117 Å². The van der Waals surface area contributed by atoms with E-state index in [-0.39, 0.29) is 5.60 Å². The summed E-state index contributed by atoms with van der Waals surface area (Å²) in [4.78, 5) is 0. The van der Waals surface area contributed by atoms with Crippen molar-refractivity contribution < 1.29 is 5.11 Å². The van der Waals surface area contributed by atoms with Gasteiger partial charge in [0.1, 0.15) is 6.07 Å². The van der Waals surface area contributed by atoms with Crippen LogP contribution in [-0.2, 0) is 6.54 Å². The Morgan fingerprint density at radius 3 is 2.68 bits per heavy atom. The van der Waals surface area contributed by atoms with Crippen molar-refractivity contribution in [3.63, 3.8) is 0 Å². The molecule has 4 fully saturated rings. The molecule has 0 amide bonds. The summed E-state index contributed by atoms with van der Waals surface area (Å²) in [5.74, 6) is 4.71. The molecule has 9 atom stereocenters. The van der Waals surface area contributed by atoms with Crippen molar-refractivity contribution in [2.24, 2.45) is 46.3 Å². The summed E-state index contributed by atoms with van der Waals surface area (Å²) < 4.78 is 2.00. The van der Waals surface area contributed by atoms with E-state index >= 15 is 0 Å². The van der Waals surface area contributed by atoms with Gasteiger partial charge in [0.2, 0.25) is 0 Å². The molecule has 0 aliphatic heterocycles. The van der Waals surface area contributed by atoms with Crippen LogP contribution < -0.4 is 0 Å². The molecule has 4 saturated carbocycles. The van der Waals surface area contributed by atoms with Gasteiger partial charge in [0.25, 0.3) is 0 Å². The number of aromatic nitrogens is 2. The van der Waals surface area contributed by atoms with Crippen molar-refractivity contribution in [2.75, 3.05) is 0 Å². The Labute approximate surface area is 207 Å². The predicted molar refractivity (Wildman–Crippen MR) is 136 cm³/mol. The molecule has 0 aromatic carbocycles. The van der Waals surface area contributed by atoms with Gasteiger partial charge < -0.3 is 5.11 Å². The molecule has 0 radical (unpaired) electrons. The Balaban J connectivity index is 1.33. The molecule has 4 heteroatoms. The number of nitrogens with zero attached hydrogens (tertiary/aromatic N) is 3. The second kappa shape index (κ2) is 8.95. The molecule has 1 aromatic rings. The molecule has 0 bridgehead atoms. The highest BCUT2D eigenvalue weighted by molar-refractivity contribution is 5.21. The molecule has 1 N–H and O–H groups in total. The van der Waals surface area contributed by atoms with Crippen LogP contribution in [0.25, 0.3) is 0 Å². The lowest BCUT2D eigenvalue weighted by molar-refractivity contribution is -0.162. The Bertz CT molecular complexity index is 918. The normalized spacial score (nSPS) is 44.5. The average Bonchev–Trinajstić information content (AvgIpc) is 3.42. The average molecular weight is 466 g/mol. The van der Waals surface area contributed by atoms with Gasteiger partial charge >= 0.3 is 0 Å². The van der Waals surface area contributed by atoms with Gasteiger partial charge in [-0.25, -0.2) is 0 Å². The molecule has 4 aliphatic carbocycles. The largest absolute Gasteiger partial charge is 0.390 e. The van der Waals surface area contributed by atoms with Crippen LogP contribution in [-0.4, -0.2) is 20.5 Å². The van der Waals surface area contributed by atoms with Gasteiger partial charge in [-0.1, -0.05) is 34.1 Å². The summed E-state index contributed by atoms with van der Waals surface area (Å²) in [5, 5.41) is 24.9. The molecule has 4 nitrogen and oxygen atoms in total. The number of fused-ring (bicyclic) bond motifs is 5. The summed E-state index contributed by atoms with van der Waals surface area (Å²) >= 11 is 0. The van der Waals surface area contributed by atoms with Gasteiger partial charge in [-0.2, -0.15) is 10.4 Å². The minimum atomic E-state index is -0.389. The molecular weight excluding hydrogens is 418 g/mol. The lowest BCUT2D eigenvalue weighted by Crippen LogP contribution is -2.57. The van der Waals surface area contributed by atoms with E-state index in [1.54, 1.807) is 6.20 Å². The zero-order valence-electron chi connectivity index (χ0n) is 22.1. The van der Waals surface area contributed by atoms with E-state index in [4.69, 9.17) is 5.26 Å². The molecule has 0 saturated heterocycles. The summed E-state index contributed by atoms with van der Waals surface area (Å²) in [6, 6.07) is 2.22. The van der Waals surface area contributed by atoms with E-state index in [9.17, 15) is 5.11 Å². The third-order valence-corrected chi connectivity index (χ3v) is 11.9. The second-order valence-corrected chi connectivity index (χ2v) is 13.2. The van der Waals surface area contributed by atoms with Crippen molar-refractivity contribution >= 4 is 0 Å². The number of nitriles is 1. The Hall–Kier alpha value is -1.34. The van der Waals surface area contributed by atoms with Crippen LogP contribution in [0, 0.1) is 57.7 Å². The Kier molecular flexibility index (Phi) is 6.41. The van der Waals surface area contributed by atoms with E-state index in [0.29, 0.717) is 22.3 Å². The zero-order valence-corrected chi connectivity index (χ0v) is 22.1. The summed E-state index contributed by atoms with van der Waals surface area (Å²) in [7, 11) is 0. The topological polar surface area (TPSA) is 61.8 Å². The van der Waals surface area contributed by atoms with E-state index in [1.165, 1.54) is 51.4 Å². The quantitative estimate of drug-likeness (QED) is 0.493. The first kappa shape index (κ1) is 24.4. The van der Waals surface area contributed by atoms with Crippen LogP contribution in [0.15, 0.2) is 12.4 Å². The van der Waals surface area contributed by atoms with Crippen molar-refractivity contribution in [1.82, 2.24) is 9.78 Å². The molecule has 1 aromatic heterocycles. The highest BCUT2D eigenvalue weighted by Crippen LogP contribution is 2.69. The standard InChI is InChI=1S/C30H47N3O/c1-5-12-29(34)14-15-30(6-2)23(16-29)7-8-24-26-10-9-25(28(26,4)13-11-27(24)30)21(3)19-33-20-22(17-31)18-32-33/h18,20-21,23-27,34H,5-16,19H2,1-4H3/t21-,23+,24-,25?,26-,27-,28+,29+,30-/m0/s1. The molecule has 4 aliphatic rings. The lowest BCUT2D eigenvalue weighted by Gasteiger charge is -2.63. The molecule has 188 valence electrons. The fourth-order valence-corrected chi connectivity index (χ4v) is 10.4. The van der Waals surface area contributed by atoms with Crippen LogP contribution in [0.3, 0.4) is 0 Å². The van der Waals surface area contributed by atoms with Gasteiger partial charge in [0.15, 0.2) is 0 Å². The maximum absolute atomic E-state index is 11.3. The van der Waals surface area contributed by atoms with Crippen LogP contribution in [0.4, 0.5) is 0 Å². The van der Waals surface area contributed by atoms with E-state index in [1.807, 2.05) is 10.9 Å². The maximum atomic E-state index is 11.3. The number of hydrogen-bond donors (Lipinski definition) is 1. The van der Waals surface area contributed by atoms with Crippen molar-refractivity contribution in [3.8, 4) is 6.07 Å². The maximum Gasteiger partial charge on any atom is 0.102 e. The zero-order chi connectivity index (χ0) is 24.1. The Morgan fingerprint density at radius 2 is 1.97 bits per heavy atom. The first-order valence-electron chi connectivity index (χ1n) is 14.4. The van der Waals surface area contributed by atoms with E-state index < -0.39 is 0 Å². The van der Waals surface area contributed by atoms with Crippen LogP contribution in [0.5, 0.6) is 0 Å². The van der Waals surface area contributed by atoms with E-state index in [2.05, 4.69) is 38.9 Å². The summed E-state index contributed by atoms with van der Waals surface area (Å²) in [6.07, 6.45) is 18.7. The predicted octanol–water partition coefficient (Wildman–Crippen LogP) is 6.97. The second-order valence-electron chi connectivity index (χ2n) is 13.2. The highest BCUT2D eigenvalue weighted by Gasteiger charge is 2.62. The molecule has 34 heavy (non-hydrogen) atoms. The van der Waals surface area contributed by atoms with Gasteiger partial charge in [0.05, 0.1) is 17.4 Å². The molecule has 1 unspecified atom stereocenters. The van der Waals surface area contributed by atoms with Crippen molar-refractivity contribution in [3.05, 3.63) is 18.0 Å². The molecule has 0 spiro atoms. The monoisotopic (exact) mass is 465 g/mol. The third-order valence-electron chi connectivity index (χ3n) is 11.9. The Morgan fingerprint density at radius 1 is 1.15 bits per heavy atom. The van der Waals surface area contributed by atoms with Gasteiger partial charge in [-0.3, -0.25) is 4.68 Å². The molecule has 1 heterocycles. The van der Waals surface area contributed by atoms with Crippen molar-refractivity contribution in [1.29, 1.82) is 5.26 Å². The number of hydrogen-bond acceptors (Lipinski definition) is 3. The first-order chi connectivity index (χ1) is 16.3. The highest BCUT2D eigenvalue weighted by atomic mass is 16.3.